The van der Waals surface area contributed by atoms with Crippen LogP contribution in [0.1, 0.15) is 17.4 Å². The van der Waals surface area contributed by atoms with Crippen molar-refractivity contribution in [3.05, 3.63) is 48.0 Å². The van der Waals surface area contributed by atoms with E-state index < -0.39 is 0 Å². The summed E-state index contributed by atoms with van der Waals surface area (Å²) >= 11 is 0. The standard InChI is InChI=1S/C16H22N4O3/c1-20(2)13(14-7-5-9-23-14)11-19-16(21)18-10-12-6-4-8-17-15(12)22-3/h4-9,13H,10-11H2,1-3H3,(H2,18,19,21)/t13-/m1/s1. The number of carbonyl (C=O) groups is 1. The van der Waals surface area contributed by atoms with E-state index in [1.807, 2.05) is 37.2 Å². The smallest absolute Gasteiger partial charge is 0.315 e. The molecule has 0 bridgehead atoms. The topological polar surface area (TPSA) is 79.6 Å². The van der Waals surface area contributed by atoms with Crippen molar-refractivity contribution in [2.45, 2.75) is 12.6 Å². The Balaban J connectivity index is 1.85. The lowest BCUT2D eigenvalue weighted by Gasteiger charge is -2.22. The second-order valence-corrected chi connectivity index (χ2v) is 5.23. The number of rotatable bonds is 7. The van der Waals surface area contributed by atoms with Crippen molar-refractivity contribution >= 4 is 6.03 Å². The molecule has 7 nitrogen and oxygen atoms in total. The van der Waals surface area contributed by atoms with E-state index in [4.69, 9.17) is 9.15 Å². The van der Waals surface area contributed by atoms with E-state index in [2.05, 4.69) is 15.6 Å². The molecule has 0 radical (unpaired) electrons. The van der Waals surface area contributed by atoms with Crippen LogP contribution in [0.5, 0.6) is 5.88 Å². The molecule has 2 N–H and O–H groups in total. The Bertz CT molecular complexity index is 614. The largest absolute Gasteiger partial charge is 0.481 e. The molecule has 7 heteroatoms. The zero-order chi connectivity index (χ0) is 16.7. The minimum absolute atomic E-state index is 0.0244. The number of urea groups is 1. The highest BCUT2D eigenvalue weighted by molar-refractivity contribution is 5.73. The number of ether oxygens (including phenoxy) is 1. The van der Waals surface area contributed by atoms with E-state index in [-0.39, 0.29) is 12.1 Å². The van der Waals surface area contributed by atoms with Gasteiger partial charge in [-0.1, -0.05) is 6.07 Å². The summed E-state index contributed by atoms with van der Waals surface area (Å²) in [6.07, 6.45) is 3.27. The van der Waals surface area contributed by atoms with Gasteiger partial charge in [-0.15, -0.1) is 0 Å². The van der Waals surface area contributed by atoms with E-state index in [0.717, 1.165) is 11.3 Å². The maximum Gasteiger partial charge on any atom is 0.315 e. The van der Waals surface area contributed by atoms with Crippen molar-refractivity contribution in [2.24, 2.45) is 0 Å². The van der Waals surface area contributed by atoms with Gasteiger partial charge in [0.1, 0.15) is 5.76 Å². The van der Waals surface area contributed by atoms with Crippen LogP contribution in [0, 0.1) is 0 Å². The summed E-state index contributed by atoms with van der Waals surface area (Å²) < 4.78 is 10.6. The maximum absolute atomic E-state index is 12.0. The number of pyridine rings is 1. The minimum Gasteiger partial charge on any atom is -0.481 e. The zero-order valence-corrected chi connectivity index (χ0v) is 13.6. The zero-order valence-electron chi connectivity index (χ0n) is 13.6. The van der Waals surface area contributed by atoms with Gasteiger partial charge >= 0.3 is 6.03 Å². The molecule has 0 saturated heterocycles. The normalized spacial score (nSPS) is 12.0. The number of furan rings is 1. The summed E-state index contributed by atoms with van der Waals surface area (Å²) in [5.74, 6) is 1.32. The van der Waals surface area contributed by atoms with Crippen molar-refractivity contribution < 1.29 is 13.9 Å². The van der Waals surface area contributed by atoms with Crippen LogP contribution in [0.3, 0.4) is 0 Å². The van der Waals surface area contributed by atoms with Gasteiger partial charge < -0.3 is 19.8 Å². The van der Waals surface area contributed by atoms with Gasteiger partial charge in [0, 0.05) is 24.8 Å². The summed E-state index contributed by atoms with van der Waals surface area (Å²) in [5, 5.41) is 5.64. The Kier molecular flexibility index (Phi) is 5.99. The fourth-order valence-corrected chi connectivity index (χ4v) is 2.19. The third-order valence-corrected chi connectivity index (χ3v) is 3.43. The molecular formula is C16H22N4O3. The molecule has 0 saturated carbocycles. The van der Waals surface area contributed by atoms with Crippen molar-refractivity contribution in [3.63, 3.8) is 0 Å². The molecule has 0 spiro atoms. The lowest BCUT2D eigenvalue weighted by molar-refractivity contribution is 0.225. The van der Waals surface area contributed by atoms with Crippen LogP contribution in [0.15, 0.2) is 41.1 Å². The van der Waals surface area contributed by atoms with Crippen LogP contribution >= 0.6 is 0 Å². The number of hydrogen-bond acceptors (Lipinski definition) is 5. The summed E-state index contributed by atoms with van der Waals surface area (Å²) in [6, 6.07) is 7.11. The molecule has 2 amide bonds. The first-order chi connectivity index (χ1) is 11.1. The van der Waals surface area contributed by atoms with E-state index in [9.17, 15) is 4.79 Å². The third kappa shape index (κ3) is 4.72. The van der Waals surface area contributed by atoms with E-state index in [1.54, 1.807) is 25.6 Å². The molecule has 0 aliphatic carbocycles. The lowest BCUT2D eigenvalue weighted by Crippen LogP contribution is -2.40. The third-order valence-electron chi connectivity index (χ3n) is 3.43. The monoisotopic (exact) mass is 318 g/mol. The average Bonchev–Trinajstić information content (AvgIpc) is 3.07. The van der Waals surface area contributed by atoms with Gasteiger partial charge in [-0.2, -0.15) is 0 Å². The maximum atomic E-state index is 12.0. The number of amides is 2. The van der Waals surface area contributed by atoms with E-state index in [0.29, 0.717) is 19.0 Å². The van der Waals surface area contributed by atoms with Crippen molar-refractivity contribution in [1.82, 2.24) is 20.5 Å². The van der Waals surface area contributed by atoms with Gasteiger partial charge in [-0.3, -0.25) is 4.90 Å². The van der Waals surface area contributed by atoms with Gasteiger partial charge in [0.25, 0.3) is 0 Å². The van der Waals surface area contributed by atoms with Gasteiger partial charge in [0.15, 0.2) is 0 Å². The highest BCUT2D eigenvalue weighted by Gasteiger charge is 2.17. The Morgan fingerprint density at radius 1 is 1.35 bits per heavy atom. The first-order valence-electron chi connectivity index (χ1n) is 7.31. The average molecular weight is 318 g/mol. The highest BCUT2D eigenvalue weighted by Crippen LogP contribution is 2.17. The fourth-order valence-electron chi connectivity index (χ4n) is 2.19. The summed E-state index contributed by atoms with van der Waals surface area (Å²) in [6.45, 7) is 0.784. The second-order valence-electron chi connectivity index (χ2n) is 5.23. The Labute approximate surface area is 135 Å². The van der Waals surface area contributed by atoms with Crippen LogP contribution in [0.2, 0.25) is 0 Å². The van der Waals surface area contributed by atoms with Crippen LogP contribution in [-0.4, -0.2) is 43.7 Å². The molecule has 124 valence electrons. The minimum atomic E-state index is -0.255. The number of likely N-dealkylation sites (N-methyl/N-ethyl adjacent to an activating group) is 1. The number of nitrogens with zero attached hydrogens (tertiary/aromatic N) is 2. The molecule has 2 aromatic heterocycles. The predicted octanol–water partition coefficient (Wildman–Crippen LogP) is 1.79. The fraction of sp³-hybridized carbons (Fsp3) is 0.375. The Hall–Kier alpha value is -2.54. The van der Waals surface area contributed by atoms with Gasteiger partial charge in [-0.25, -0.2) is 9.78 Å². The number of carbonyl (C=O) groups excluding carboxylic acids is 1. The number of aromatic nitrogens is 1. The predicted molar refractivity (Wildman–Crippen MR) is 86.2 cm³/mol. The van der Waals surface area contributed by atoms with E-state index in [1.165, 1.54) is 0 Å². The lowest BCUT2D eigenvalue weighted by atomic mass is 10.2. The molecule has 0 unspecified atom stereocenters. The molecule has 0 aromatic carbocycles. The van der Waals surface area contributed by atoms with E-state index >= 15 is 0 Å². The van der Waals surface area contributed by atoms with Crippen molar-refractivity contribution in [3.8, 4) is 5.88 Å². The SMILES string of the molecule is COc1ncccc1CNC(=O)NC[C@H](c1ccco1)N(C)C. The number of methoxy groups -OCH3 is 1. The summed E-state index contributed by atoms with van der Waals surface area (Å²) in [4.78, 5) is 18.1. The molecule has 23 heavy (non-hydrogen) atoms. The molecule has 0 fully saturated rings. The van der Waals surface area contributed by atoms with Crippen molar-refractivity contribution in [2.75, 3.05) is 27.7 Å². The summed E-state index contributed by atoms with van der Waals surface area (Å²) in [7, 11) is 5.43. The van der Waals surface area contributed by atoms with Crippen LogP contribution < -0.4 is 15.4 Å². The van der Waals surface area contributed by atoms with Crippen LogP contribution in [0.4, 0.5) is 4.79 Å². The second kappa shape index (κ2) is 8.19. The first-order valence-corrected chi connectivity index (χ1v) is 7.31. The molecule has 2 heterocycles. The molecule has 2 aromatic rings. The quantitative estimate of drug-likeness (QED) is 0.813. The summed E-state index contributed by atoms with van der Waals surface area (Å²) in [5.41, 5.74) is 0.820. The van der Waals surface area contributed by atoms with Crippen LogP contribution in [0.25, 0.3) is 0 Å². The molecule has 2 rings (SSSR count). The van der Waals surface area contributed by atoms with Crippen molar-refractivity contribution in [1.29, 1.82) is 0 Å². The molecule has 0 aliphatic rings. The molecular weight excluding hydrogens is 296 g/mol. The Morgan fingerprint density at radius 3 is 2.83 bits per heavy atom. The van der Waals surface area contributed by atoms with Gasteiger partial charge in [0.05, 0.1) is 19.4 Å². The molecule has 1 atom stereocenters. The number of hydrogen-bond donors (Lipinski definition) is 2. The van der Waals surface area contributed by atoms with Gasteiger partial charge in [0.2, 0.25) is 5.88 Å². The number of nitrogens with one attached hydrogen (secondary N) is 2. The molecule has 0 aliphatic heterocycles. The highest BCUT2D eigenvalue weighted by atomic mass is 16.5. The van der Waals surface area contributed by atoms with Crippen LogP contribution in [-0.2, 0) is 6.54 Å². The van der Waals surface area contributed by atoms with Gasteiger partial charge in [-0.05, 0) is 32.3 Å². The first kappa shape index (κ1) is 16.8. The Morgan fingerprint density at radius 2 is 2.17 bits per heavy atom.